The topological polar surface area (TPSA) is 81.2 Å². The van der Waals surface area contributed by atoms with Crippen LogP contribution in [0.2, 0.25) is 0 Å². The van der Waals surface area contributed by atoms with E-state index in [0.29, 0.717) is 29.9 Å². The van der Waals surface area contributed by atoms with Gasteiger partial charge in [-0.2, -0.15) is 8.78 Å². The number of ether oxygens (including phenoxy) is 1. The zero-order valence-corrected chi connectivity index (χ0v) is 16.4. The predicted molar refractivity (Wildman–Crippen MR) is 101 cm³/mol. The molecule has 6 nitrogen and oxygen atoms in total. The molecule has 0 aliphatic carbocycles. The Morgan fingerprint density at radius 3 is 2.39 bits per heavy atom. The first-order valence-corrected chi connectivity index (χ1v) is 9.48. The van der Waals surface area contributed by atoms with Gasteiger partial charge in [0.15, 0.2) is 11.8 Å². The molecule has 0 radical (unpaired) electrons. The SMILES string of the molecule is Cc1nc(SC(F)F)nc(C)c1CCC(=O)OCC(=O)NCc1ccccc1. The molecule has 0 spiro atoms. The quantitative estimate of drug-likeness (QED) is 0.389. The van der Waals surface area contributed by atoms with Gasteiger partial charge >= 0.3 is 5.97 Å². The van der Waals surface area contributed by atoms with Crippen molar-refractivity contribution in [1.29, 1.82) is 0 Å². The van der Waals surface area contributed by atoms with E-state index in [4.69, 9.17) is 4.74 Å². The van der Waals surface area contributed by atoms with E-state index in [-0.39, 0.29) is 35.9 Å². The highest BCUT2D eigenvalue weighted by molar-refractivity contribution is 7.99. The minimum atomic E-state index is -2.59. The Balaban J connectivity index is 1.77. The van der Waals surface area contributed by atoms with Gasteiger partial charge in [0.2, 0.25) is 0 Å². The summed E-state index contributed by atoms with van der Waals surface area (Å²) >= 11 is 0.283. The summed E-state index contributed by atoms with van der Waals surface area (Å²) in [6.45, 7) is 3.36. The smallest absolute Gasteiger partial charge is 0.306 e. The molecule has 0 aliphatic heterocycles. The molecule has 1 N–H and O–H groups in total. The van der Waals surface area contributed by atoms with Gasteiger partial charge < -0.3 is 10.1 Å². The second kappa shape index (κ2) is 10.7. The number of benzene rings is 1. The van der Waals surface area contributed by atoms with Crippen LogP contribution in [0.4, 0.5) is 8.78 Å². The van der Waals surface area contributed by atoms with Gasteiger partial charge in [-0.25, -0.2) is 9.97 Å². The molecule has 150 valence electrons. The number of nitrogens with zero attached hydrogens (tertiary/aromatic N) is 2. The molecular weight excluding hydrogens is 388 g/mol. The van der Waals surface area contributed by atoms with Crippen LogP contribution in [0.25, 0.3) is 0 Å². The van der Waals surface area contributed by atoms with Gasteiger partial charge in [0, 0.05) is 24.4 Å². The number of halogens is 2. The van der Waals surface area contributed by atoms with E-state index in [1.807, 2.05) is 30.3 Å². The van der Waals surface area contributed by atoms with Crippen molar-refractivity contribution >= 4 is 23.6 Å². The number of aromatic nitrogens is 2. The van der Waals surface area contributed by atoms with E-state index in [0.717, 1.165) is 5.56 Å². The molecule has 2 rings (SSSR count). The molecule has 1 aromatic carbocycles. The summed E-state index contributed by atoms with van der Waals surface area (Å²) < 4.78 is 29.8. The lowest BCUT2D eigenvalue weighted by Crippen LogP contribution is -2.28. The highest BCUT2D eigenvalue weighted by atomic mass is 32.2. The number of esters is 1. The standard InChI is InChI=1S/C19H21F2N3O3S/c1-12-15(13(2)24-19(23-12)28-18(20)21)8-9-17(26)27-11-16(25)22-10-14-6-4-3-5-7-14/h3-7,18H,8-11H2,1-2H3,(H,22,25). The lowest BCUT2D eigenvalue weighted by molar-refractivity contribution is -0.148. The number of aryl methyl sites for hydroxylation is 2. The maximum atomic E-state index is 12.4. The predicted octanol–water partition coefficient (Wildman–Crippen LogP) is 3.20. The van der Waals surface area contributed by atoms with Crippen LogP contribution in [-0.4, -0.2) is 34.2 Å². The number of carbonyl (C=O) groups excluding carboxylic acids is 2. The molecular formula is C19H21F2N3O3S. The summed E-state index contributed by atoms with van der Waals surface area (Å²) in [5.74, 6) is -3.51. The number of nitrogens with one attached hydrogen (secondary N) is 1. The normalized spacial score (nSPS) is 10.8. The van der Waals surface area contributed by atoms with Gasteiger partial charge in [0.1, 0.15) is 0 Å². The maximum absolute atomic E-state index is 12.4. The Hall–Kier alpha value is -2.55. The Morgan fingerprint density at radius 1 is 1.14 bits per heavy atom. The van der Waals surface area contributed by atoms with Crippen molar-refractivity contribution in [3.8, 4) is 0 Å². The molecule has 0 saturated carbocycles. The van der Waals surface area contributed by atoms with Crippen LogP contribution < -0.4 is 5.32 Å². The zero-order chi connectivity index (χ0) is 20.5. The summed E-state index contributed by atoms with van der Waals surface area (Å²) in [5.41, 5.74) is 2.75. The van der Waals surface area contributed by atoms with Gasteiger partial charge in [0.25, 0.3) is 11.7 Å². The average molecular weight is 409 g/mol. The first-order valence-electron chi connectivity index (χ1n) is 8.60. The summed E-state index contributed by atoms with van der Waals surface area (Å²) in [4.78, 5) is 31.7. The minimum absolute atomic E-state index is 0.00594. The average Bonchev–Trinajstić information content (AvgIpc) is 2.64. The van der Waals surface area contributed by atoms with Crippen molar-refractivity contribution in [2.75, 3.05) is 6.61 Å². The molecule has 0 bridgehead atoms. The third kappa shape index (κ3) is 7.22. The lowest BCUT2D eigenvalue weighted by atomic mass is 10.1. The fraction of sp³-hybridized carbons (Fsp3) is 0.368. The van der Waals surface area contributed by atoms with Crippen molar-refractivity contribution in [3.63, 3.8) is 0 Å². The van der Waals surface area contributed by atoms with Crippen molar-refractivity contribution in [2.45, 2.75) is 44.1 Å². The van der Waals surface area contributed by atoms with Crippen LogP contribution in [0.15, 0.2) is 35.5 Å². The van der Waals surface area contributed by atoms with E-state index in [9.17, 15) is 18.4 Å². The highest BCUT2D eigenvalue weighted by Crippen LogP contribution is 2.24. The third-order valence-electron chi connectivity index (χ3n) is 3.87. The molecule has 0 fully saturated rings. The van der Waals surface area contributed by atoms with E-state index < -0.39 is 11.7 Å². The van der Waals surface area contributed by atoms with Crippen LogP contribution in [0.5, 0.6) is 0 Å². The molecule has 9 heteroatoms. The fourth-order valence-corrected chi connectivity index (χ4v) is 3.03. The summed E-state index contributed by atoms with van der Waals surface area (Å²) in [7, 11) is 0. The first-order chi connectivity index (χ1) is 13.3. The van der Waals surface area contributed by atoms with E-state index in [2.05, 4.69) is 15.3 Å². The number of hydrogen-bond acceptors (Lipinski definition) is 6. The van der Waals surface area contributed by atoms with Gasteiger partial charge in [-0.3, -0.25) is 9.59 Å². The van der Waals surface area contributed by atoms with Crippen LogP contribution in [-0.2, 0) is 27.3 Å². The number of hydrogen-bond donors (Lipinski definition) is 1. The Labute approximate surface area is 166 Å². The van der Waals surface area contributed by atoms with Crippen molar-refractivity contribution in [1.82, 2.24) is 15.3 Å². The van der Waals surface area contributed by atoms with Crippen molar-refractivity contribution < 1.29 is 23.1 Å². The van der Waals surface area contributed by atoms with Crippen molar-refractivity contribution in [3.05, 3.63) is 52.8 Å². The fourth-order valence-electron chi connectivity index (χ4n) is 2.50. The molecule has 1 aromatic heterocycles. The van der Waals surface area contributed by atoms with Crippen LogP contribution in [0.3, 0.4) is 0 Å². The Bertz CT molecular complexity index is 796. The van der Waals surface area contributed by atoms with Gasteiger partial charge in [-0.1, -0.05) is 30.3 Å². The number of alkyl halides is 2. The highest BCUT2D eigenvalue weighted by Gasteiger charge is 2.15. The molecule has 0 aliphatic rings. The maximum Gasteiger partial charge on any atom is 0.306 e. The van der Waals surface area contributed by atoms with E-state index >= 15 is 0 Å². The van der Waals surface area contributed by atoms with Crippen molar-refractivity contribution in [2.24, 2.45) is 0 Å². The summed E-state index contributed by atoms with van der Waals surface area (Å²) in [6, 6.07) is 9.38. The molecule has 2 aromatic rings. The van der Waals surface area contributed by atoms with E-state index in [1.165, 1.54) is 0 Å². The number of thioether (sulfide) groups is 1. The Kier molecular flexibility index (Phi) is 8.31. The van der Waals surface area contributed by atoms with Crippen LogP contribution in [0, 0.1) is 13.8 Å². The molecule has 0 atom stereocenters. The molecule has 1 amide bonds. The van der Waals surface area contributed by atoms with Gasteiger partial charge in [-0.15, -0.1) is 0 Å². The Morgan fingerprint density at radius 2 is 1.79 bits per heavy atom. The third-order valence-corrected chi connectivity index (χ3v) is 4.44. The van der Waals surface area contributed by atoms with Crippen LogP contribution in [0.1, 0.15) is 28.9 Å². The molecule has 0 unspecified atom stereocenters. The largest absolute Gasteiger partial charge is 0.456 e. The summed E-state index contributed by atoms with van der Waals surface area (Å²) in [5, 5.41) is 2.67. The molecule has 28 heavy (non-hydrogen) atoms. The van der Waals surface area contributed by atoms with Crippen LogP contribution >= 0.6 is 11.8 Å². The first kappa shape index (κ1) is 21.7. The molecule has 1 heterocycles. The van der Waals surface area contributed by atoms with Gasteiger partial charge in [0.05, 0.1) is 0 Å². The van der Waals surface area contributed by atoms with Gasteiger partial charge in [-0.05, 0) is 43.2 Å². The monoisotopic (exact) mass is 409 g/mol. The minimum Gasteiger partial charge on any atom is -0.456 e. The van der Waals surface area contributed by atoms with E-state index in [1.54, 1.807) is 13.8 Å². The number of amides is 1. The second-order valence-corrected chi connectivity index (χ2v) is 6.91. The second-order valence-electron chi connectivity index (χ2n) is 5.96. The number of carbonyl (C=O) groups is 2. The summed E-state index contributed by atoms with van der Waals surface area (Å²) in [6.07, 6.45) is 0.347. The number of rotatable bonds is 9. The lowest BCUT2D eigenvalue weighted by Gasteiger charge is -2.10. The zero-order valence-electron chi connectivity index (χ0n) is 15.6. The molecule has 0 saturated heterocycles.